The standard InChI is InChI=1S/C19H20ClN3O3/c1-13-4-3-5-17(14(13)2)21-8-10-22(11-9-21)19(24)16-7-6-15(20)12-18(16)23(25)26/h3-7,12H,8-11H2,1-2H3. The molecule has 6 nitrogen and oxygen atoms in total. The molecule has 7 heteroatoms. The Bertz CT molecular complexity index is 861. The molecule has 0 bridgehead atoms. The molecule has 0 radical (unpaired) electrons. The second-order valence-corrected chi connectivity index (χ2v) is 6.85. The molecule has 2 aromatic rings. The monoisotopic (exact) mass is 373 g/mol. The number of piperazine rings is 1. The van der Waals surface area contributed by atoms with Gasteiger partial charge in [0.15, 0.2) is 0 Å². The molecule has 2 aromatic carbocycles. The van der Waals surface area contributed by atoms with Gasteiger partial charge in [-0.05, 0) is 43.2 Å². The smallest absolute Gasteiger partial charge is 0.283 e. The number of nitrogens with zero attached hydrogens (tertiary/aromatic N) is 3. The van der Waals surface area contributed by atoms with Crippen molar-refractivity contribution in [1.82, 2.24) is 4.90 Å². The summed E-state index contributed by atoms with van der Waals surface area (Å²) in [6.45, 7) is 6.60. The van der Waals surface area contributed by atoms with E-state index in [4.69, 9.17) is 11.6 Å². The normalized spacial score (nSPS) is 14.4. The first kappa shape index (κ1) is 18.2. The highest BCUT2D eigenvalue weighted by atomic mass is 35.5. The van der Waals surface area contributed by atoms with Crippen LogP contribution in [0, 0.1) is 24.0 Å². The third kappa shape index (κ3) is 3.51. The summed E-state index contributed by atoms with van der Waals surface area (Å²) < 4.78 is 0. The number of hydrogen-bond donors (Lipinski definition) is 0. The summed E-state index contributed by atoms with van der Waals surface area (Å²) in [5.74, 6) is -0.325. The summed E-state index contributed by atoms with van der Waals surface area (Å²) in [5.41, 5.74) is 3.48. The van der Waals surface area contributed by atoms with E-state index in [0.29, 0.717) is 26.2 Å². The van der Waals surface area contributed by atoms with E-state index in [9.17, 15) is 14.9 Å². The molecule has 1 heterocycles. The Morgan fingerprint density at radius 1 is 1.12 bits per heavy atom. The Balaban J connectivity index is 1.75. The third-order valence-electron chi connectivity index (χ3n) is 4.87. The highest BCUT2D eigenvalue weighted by Crippen LogP contribution is 2.27. The van der Waals surface area contributed by atoms with Gasteiger partial charge in [0.25, 0.3) is 11.6 Å². The molecule has 0 unspecified atom stereocenters. The van der Waals surface area contributed by atoms with Gasteiger partial charge in [-0.2, -0.15) is 0 Å². The number of rotatable bonds is 3. The third-order valence-corrected chi connectivity index (χ3v) is 5.11. The molecule has 0 atom stereocenters. The van der Waals surface area contributed by atoms with Gasteiger partial charge in [-0.3, -0.25) is 14.9 Å². The number of amides is 1. The molecule has 1 aliphatic heterocycles. The average molecular weight is 374 g/mol. The largest absolute Gasteiger partial charge is 0.368 e. The summed E-state index contributed by atoms with van der Waals surface area (Å²) in [6.07, 6.45) is 0. The fourth-order valence-electron chi connectivity index (χ4n) is 3.24. The van der Waals surface area contributed by atoms with E-state index < -0.39 is 4.92 Å². The molecule has 1 saturated heterocycles. The van der Waals surface area contributed by atoms with Crippen LogP contribution in [0.25, 0.3) is 0 Å². The minimum Gasteiger partial charge on any atom is -0.368 e. The fraction of sp³-hybridized carbons (Fsp3) is 0.316. The Morgan fingerprint density at radius 2 is 1.81 bits per heavy atom. The van der Waals surface area contributed by atoms with Crippen LogP contribution in [-0.2, 0) is 0 Å². The topological polar surface area (TPSA) is 66.7 Å². The van der Waals surface area contributed by atoms with Gasteiger partial charge >= 0.3 is 0 Å². The van der Waals surface area contributed by atoms with Crippen LogP contribution in [0.5, 0.6) is 0 Å². The van der Waals surface area contributed by atoms with E-state index in [1.165, 1.54) is 35.0 Å². The molecule has 136 valence electrons. The minimum atomic E-state index is -0.564. The molecule has 26 heavy (non-hydrogen) atoms. The maximum atomic E-state index is 12.8. The number of carbonyl (C=O) groups is 1. The van der Waals surface area contributed by atoms with Crippen molar-refractivity contribution in [3.8, 4) is 0 Å². The first-order valence-corrected chi connectivity index (χ1v) is 8.80. The highest BCUT2D eigenvalue weighted by molar-refractivity contribution is 6.31. The first-order chi connectivity index (χ1) is 12.4. The lowest BCUT2D eigenvalue weighted by molar-refractivity contribution is -0.385. The quantitative estimate of drug-likeness (QED) is 0.605. The lowest BCUT2D eigenvalue weighted by Gasteiger charge is -2.37. The predicted octanol–water partition coefficient (Wildman–Crippen LogP) is 3.83. The van der Waals surface area contributed by atoms with Crippen molar-refractivity contribution in [2.24, 2.45) is 0 Å². The van der Waals surface area contributed by atoms with Crippen LogP contribution in [0.1, 0.15) is 21.5 Å². The molecule has 0 N–H and O–H groups in total. The molecule has 0 aromatic heterocycles. The fourth-order valence-corrected chi connectivity index (χ4v) is 3.40. The Labute approximate surface area is 157 Å². The zero-order valence-electron chi connectivity index (χ0n) is 14.7. The van der Waals surface area contributed by atoms with Crippen LogP contribution in [-0.4, -0.2) is 41.9 Å². The van der Waals surface area contributed by atoms with Crippen molar-refractivity contribution in [2.45, 2.75) is 13.8 Å². The van der Waals surface area contributed by atoms with Gasteiger partial charge in [0.2, 0.25) is 0 Å². The molecule has 1 aliphatic rings. The number of carbonyl (C=O) groups excluding carboxylic acids is 1. The lowest BCUT2D eigenvalue weighted by atomic mass is 10.1. The number of nitro groups is 1. The van der Waals surface area contributed by atoms with Crippen LogP contribution in [0.2, 0.25) is 5.02 Å². The van der Waals surface area contributed by atoms with Crippen molar-refractivity contribution in [1.29, 1.82) is 0 Å². The molecule has 1 fully saturated rings. The van der Waals surface area contributed by atoms with Gasteiger partial charge in [0, 0.05) is 43.0 Å². The van der Waals surface area contributed by atoms with E-state index in [1.54, 1.807) is 4.90 Å². The zero-order valence-corrected chi connectivity index (χ0v) is 15.5. The van der Waals surface area contributed by atoms with Crippen LogP contribution >= 0.6 is 11.6 Å². The molecular formula is C19H20ClN3O3. The lowest BCUT2D eigenvalue weighted by Crippen LogP contribution is -2.49. The minimum absolute atomic E-state index is 0.0830. The number of anilines is 1. The van der Waals surface area contributed by atoms with Crippen molar-refractivity contribution >= 4 is 28.9 Å². The van der Waals surface area contributed by atoms with Crippen LogP contribution in [0.15, 0.2) is 36.4 Å². The summed E-state index contributed by atoms with van der Waals surface area (Å²) in [4.78, 5) is 27.3. The van der Waals surface area contributed by atoms with Gasteiger partial charge in [-0.15, -0.1) is 0 Å². The second-order valence-electron chi connectivity index (χ2n) is 6.42. The number of halogens is 1. The Kier molecular flexibility index (Phi) is 5.13. The van der Waals surface area contributed by atoms with Gasteiger partial charge < -0.3 is 9.80 Å². The van der Waals surface area contributed by atoms with Crippen LogP contribution in [0.3, 0.4) is 0 Å². The molecule has 0 saturated carbocycles. The Morgan fingerprint density at radius 3 is 2.46 bits per heavy atom. The van der Waals surface area contributed by atoms with E-state index >= 15 is 0 Å². The maximum absolute atomic E-state index is 12.8. The number of benzene rings is 2. The summed E-state index contributed by atoms with van der Waals surface area (Å²) in [7, 11) is 0. The summed E-state index contributed by atoms with van der Waals surface area (Å²) in [6, 6.07) is 10.4. The number of nitro benzene ring substituents is 1. The Hall–Kier alpha value is -2.60. The van der Waals surface area contributed by atoms with Crippen LogP contribution in [0.4, 0.5) is 11.4 Å². The van der Waals surface area contributed by atoms with Gasteiger partial charge in [0.1, 0.15) is 5.56 Å². The molecule has 1 amide bonds. The van der Waals surface area contributed by atoms with Crippen molar-refractivity contribution in [2.75, 3.05) is 31.1 Å². The average Bonchev–Trinajstić information content (AvgIpc) is 2.63. The van der Waals surface area contributed by atoms with Crippen molar-refractivity contribution < 1.29 is 9.72 Å². The van der Waals surface area contributed by atoms with E-state index in [2.05, 4.69) is 30.9 Å². The SMILES string of the molecule is Cc1cccc(N2CCN(C(=O)c3ccc(Cl)cc3[N+](=O)[O-])CC2)c1C. The molecule has 3 rings (SSSR count). The second kappa shape index (κ2) is 7.33. The molecular weight excluding hydrogens is 354 g/mol. The molecule has 0 aliphatic carbocycles. The first-order valence-electron chi connectivity index (χ1n) is 8.43. The van der Waals surface area contributed by atoms with E-state index in [1.807, 2.05) is 6.07 Å². The molecule has 0 spiro atoms. The van der Waals surface area contributed by atoms with Gasteiger partial charge in [-0.25, -0.2) is 0 Å². The number of aryl methyl sites for hydroxylation is 1. The maximum Gasteiger partial charge on any atom is 0.283 e. The number of hydrogen-bond acceptors (Lipinski definition) is 4. The van der Waals surface area contributed by atoms with Crippen LogP contribution < -0.4 is 4.90 Å². The van der Waals surface area contributed by atoms with Crippen molar-refractivity contribution in [3.63, 3.8) is 0 Å². The van der Waals surface area contributed by atoms with E-state index in [-0.39, 0.29) is 22.2 Å². The summed E-state index contributed by atoms with van der Waals surface area (Å²) in [5, 5.41) is 11.5. The van der Waals surface area contributed by atoms with E-state index in [0.717, 1.165) is 0 Å². The zero-order chi connectivity index (χ0) is 18.8. The predicted molar refractivity (Wildman–Crippen MR) is 102 cm³/mol. The highest BCUT2D eigenvalue weighted by Gasteiger charge is 2.28. The van der Waals surface area contributed by atoms with Crippen molar-refractivity contribution in [3.05, 3.63) is 68.2 Å². The van der Waals surface area contributed by atoms with Gasteiger partial charge in [0.05, 0.1) is 4.92 Å². The summed E-state index contributed by atoms with van der Waals surface area (Å²) >= 11 is 5.83. The van der Waals surface area contributed by atoms with Gasteiger partial charge in [-0.1, -0.05) is 23.7 Å².